The largest absolute Gasteiger partial charge is 0.413 e. The Bertz CT molecular complexity index is 461. The lowest BCUT2D eigenvalue weighted by Crippen LogP contribution is -2.68. The first-order valence-corrected chi connectivity index (χ1v) is 12.1. The van der Waals surface area contributed by atoms with Gasteiger partial charge in [-0.05, 0) is 37.2 Å². The number of hydrogen-bond donors (Lipinski definition) is 1. The lowest BCUT2D eigenvalue weighted by atomic mass is 9.82. The van der Waals surface area contributed by atoms with Crippen molar-refractivity contribution in [2.24, 2.45) is 5.92 Å². The smallest absolute Gasteiger partial charge is 0.228 e. The van der Waals surface area contributed by atoms with E-state index in [9.17, 15) is 9.59 Å². The fraction of sp³-hybridized carbons (Fsp3) is 0.875. The molecule has 6 heteroatoms. The first-order valence-electron chi connectivity index (χ1n) is 8.17. The van der Waals surface area contributed by atoms with Gasteiger partial charge >= 0.3 is 0 Å². The van der Waals surface area contributed by atoms with E-state index in [4.69, 9.17) is 4.43 Å². The van der Waals surface area contributed by atoms with Crippen LogP contribution in [0.1, 0.15) is 40.5 Å². The molecule has 2 aliphatic rings. The van der Waals surface area contributed by atoms with Crippen LogP contribution in [0.3, 0.4) is 0 Å². The maximum Gasteiger partial charge on any atom is 0.228 e. The third-order valence-corrected chi connectivity index (χ3v) is 11.3. The summed E-state index contributed by atoms with van der Waals surface area (Å²) in [5.41, 5.74) is 0. The van der Waals surface area contributed by atoms with Crippen molar-refractivity contribution in [3.8, 4) is 0 Å². The standard InChI is InChI=1S/C16H29NO3SSi/c1-10(20-22(5,6)16(2,3)4)12-13(17-15(12)19)14-11(18)8-7-9-21-14/h10,12-14H,7-9H2,1-6H3,(H,17,19)/t10-,12-,13+,14?/m1/s1. The molecule has 0 aromatic carbocycles. The van der Waals surface area contributed by atoms with E-state index in [1.807, 2.05) is 6.92 Å². The van der Waals surface area contributed by atoms with Gasteiger partial charge in [0.25, 0.3) is 0 Å². The van der Waals surface area contributed by atoms with E-state index in [0.29, 0.717) is 6.42 Å². The zero-order chi connectivity index (χ0) is 16.7. The number of nitrogens with one attached hydrogen (secondary N) is 1. The van der Waals surface area contributed by atoms with E-state index < -0.39 is 8.32 Å². The molecule has 126 valence electrons. The monoisotopic (exact) mass is 343 g/mol. The van der Waals surface area contributed by atoms with Gasteiger partial charge in [-0.25, -0.2) is 0 Å². The molecule has 2 rings (SSSR count). The normalized spacial score (nSPS) is 31.5. The number of thioether (sulfide) groups is 1. The Hall–Kier alpha value is -0.333. The molecule has 4 atom stereocenters. The molecule has 0 spiro atoms. The molecule has 0 aliphatic carbocycles. The number of rotatable bonds is 4. The summed E-state index contributed by atoms with van der Waals surface area (Å²) < 4.78 is 6.39. The van der Waals surface area contributed by atoms with Gasteiger partial charge in [-0.1, -0.05) is 20.8 Å². The molecule has 1 unspecified atom stereocenters. The van der Waals surface area contributed by atoms with Crippen LogP contribution < -0.4 is 5.32 Å². The number of carbonyl (C=O) groups excluding carboxylic acids is 2. The topological polar surface area (TPSA) is 55.4 Å². The third-order valence-electron chi connectivity index (χ3n) is 5.30. The first kappa shape index (κ1) is 18.0. The maximum absolute atomic E-state index is 12.1. The average Bonchev–Trinajstić information content (AvgIpc) is 2.34. The highest BCUT2D eigenvalue weighted by atomic mass is 32.2. The summed E-state index contributed by atoms with van der Waals surface area (Å²) in [4.78, 5) is 24.2. The van der Waals surface area contributed by atoms with Gasteiger partial charge in [-0.3, -0.25) is 9.59 Å². The van der Waals surface area contributed by atoms with Crippen LogP contribution >= 0.6 is 11.8 Å². The molecule has 0 radical (unpaired) electrons. The van der Waals surface area contributed by atoms with Gasteiger partial charge < -0.3 is 9.74 Å². The Morgan fingerprint density at radius 2 is 1.95 bits per heavy atom. The molecular weight excluding hydrogens is 314 g/mol. The van der Waals surface area contributed by atoms with Gasteiger partial charge in [0.1, 0.15) is 5.78 Å². The van der Waals surface area contributed by atoms with Crippen molar-refractivity contribution in [2.45, 2.75) is 76.1 Å². The number of hydrogen-bond acceptors (Lipinski definition) is 4. The summed E-state index contributed by atoms with van der Waals surface area (Å²) in [5.74, 6) is 1.14. The van der Waals surface area contributed by atoms with Crippen LogP contribution in [0.5, 0.6) is 0 Å². The first-order chi connectivity index (χ1) is 10.0. The van der Waals surface area contributed by atoms with Gasteiger partial charge in [0.15, 0.2) is 8.32 Å². The van der Waals surface area contributed by atoms with Crippen molar-refractivity contribution < 1.29 is 14.0 Å². The number of carbonyl (C=O) groups is 2. The molecule has 0 saturated carbocycles. The zero-order valence-corrected chi connectivity index (χ0v) is 16.4. The van der Waals surface area contributed by atoms with Crippen LogP contribution in [0.2, 0.25) is 18.1 Å². The van der Waals surface area contributed by atoms with Crippen LogP contribution in [0.15, 0.2) is 0 Å². The van der Waals surface area contributed by atoms with E-state index >= 15 is 0 Å². The lowest BCUT2D eigenvalue weighted by Gasteiger charge is -2.47. The Balaban J connectivity index is 2.06. The summed E-state index contributed by atoms with van der Waals surface area (Å²) in [6.07, 6.45) is 1.48. The Morgan fingerprint density at radius 3 is 2.45 bits per heavy atom. The van der Waals surface area contributed by atoms with Crippen molar-refractivity contribution in [3.63, 3.8) is 0 Å². The highest BCUT2D eigenvalue weighted by Gasteiger charge is 2.51. The van der Waals surface area contributed by atoms with Crippen LogP contribution in [0.25, 0.3) is 0 Å². The van der Waals surface area contributed by atoms with Gasteiger partial charge in [0, 0.05) is 6.42 Å². The van der Waals surface area contributed by atoms with Crippen LogP contribution in [-0.2, 0) is 14.0 Å². The minimum absolute atomic E-state index is 0.0372. The van der Waals surface area contributed by atoms with Gasteiger partial charge in [-0.2, -0.15) is 0 Å². The fourth-order valence-corrected chi connectivity index (χ4v) is 5.64. The molecule has 1 amide bonds. The molecule has 4 nitrogen and oxygen atoms in total. The Kier molecular flexibility index (Phi) is 5.14. The molecule has 0 bridgehead atoms. The number of amides is 1. The average molecular weight is 344 g/mol. The van der Waals surface area contributed by atoms with E-state index in [1.54, 1.807) is 11.8 Å². The zero-order valence-electron chi connectivity index (χ0n) is 14.6. The highest BCUT2D eigenvalue weighted by Crippen LogP contribution is 2.40. The van der Waals surface area contributed by atoms with E-state index in [1.165, 1.54) is 0 Å². The molecule has 2 aliphatic heterocycles. The van der Waals surface area contributed by atoms with E-state index in [2.05, 4.69) is 39.2 Å². The minimum atomic E-state index is -1.91. The van der Waals surface area contributed by atoms with Crippen molar-refractivity contribution in [3.05, 3.63) is 0 Å². The van der Waals surface area contributed by atoms with Gasteiger partial charge in [0.2, 0.25) is 5.91 Å². The predicted molar refractivity (Wildman–Crippen MR) is 93.7 cm³/mol. The number of ketones is 1. The van der Waals surface area contributed by atoms with Crippen molar-refractivity contribution in [2.75, 3.05) is 5.75 Å². The summed E-state index contributed by atoms with van der Waals surface area (Å²) in [7, 11) is -1.91. The second-order valence-corrected chi connectivity index (χ2v) is 14.0. The molecule has 1 N–H and O–H groups in total. The quantitative estimate of drug-likeness (QED) is 0.630. The molecule has 0 aromatic heterocycles. The summed E-state index contributed by atoms with van der Waals surface area (Å²) in [5, 5.41) is 2.99. The molecule has 2 saturated heterocycles. The molecule has 2 fully saturated rings. The molecular formula is C16H29NO3SSi. The fourth-order valence-electron chi connectivity index (χ4n) is 2.90. The number of β-lactam (4-membered cyclic amide) rings is 1. The van der Waals surface area contributed by atoms with E-state index in [0.717, 1.165) is 12.2 Å². The summed E-state index contributed by atoms with van der Waals surface area (Å²) in [6, 6.07) is -0.0509. The summed E-state index contributed by atoms with van der Waals surface area (Å²) >= 11 is 1.69. The third kappa shape index (κ3) is 3.43. The van der Waals surface area contributed by atoms with Crippen molar-refractivity contribution in [1.82, 2.24) is 5.32 Å². The SMILES string of the molecule is C[C@@H](O[Si](C)(C)C(C)(C)C)[C@H]1C(=O)N[C@@H]1C1SCCCC1=O. The number of Topliss-reactive ketones (excluding diaryl/α,β-unsaturated/α-hetero) is 1. The highest BCUT2D eigenvalue weighted by molar-refractivity contribution is 8.00. The van der Waals surface area contributed by atoms with Crippen LogP contribution in [0.4, 0.5) is 0 Å². The summed E-state index contributed by atoms with van der Waals surface area (Å²) in [6.45, 7) is 13.0. The predicted octanol–water partition coefficient (Wildman–Crippen LogP) is 2.98. The molecule has 0 aromatic rings. The Labute approximate surface area is 139 Å². The Morgan fingerprint density at radius 1 is 1.32 bits per heavy atom. The van der Waals surface area contributed by atoms with Gasteiger partial charge in [-0.15, -0.1) is 11.8 Å². The van der Waals surface area contributed by atoms with E-state index in [-0.39, 0.29) is 40.0 Å². The maximum atomic E-state index is 12.1. The lowest BCUT2D eigenvalue weighted by molar-refractivity contribution is -0.141. The molecule has 2 heterocycles. The second-order valence-electron chi connectivity index (χ2n) is 8.00. The van der Waals surface area contributed by atoms with Gasteiger partial charge in [0.05, 0.1) is 23.3 Å². The minimum Gasteiger partial charge on any atom is -0.413 e. The van der Waals surface area contributed by atoms with Crippen LogP contribution in [-0.4, -0.2) is 43.2 Å². The van der Waals surface area contributed by atoms with Crippen LogP contribution in [0, 0.1) is 5.92 Å². The second kappa shape index (κ2) is 6.28. The van der Waals surface area contributed by atoms with Crippen molar-refractivity contribution >= 4 is 31.8 Å². The molecule has 22 heavy (non-hydrogen) atoms. The van der Waals surface area contributed by atoms with Crippen molar-refractivity contribution in [1.29, 1.82) is 0 Å².